The molecule has 3 aliphatic rings. The Kier molecular flexibility index (Phi) is 5.87. The normalized spacial score (nSPS) is 25.2. The van der Waals surface area contributed by atoms with Crippen LogP contribution in [0.4, 0.5) is 0 Å². The number of nitrogens with zero attached hydrogens (tertiary/aromatic N) is 3. The van der Waals surface area contributed by atoms with Gasteiger partial charge in [0.15, 0.2) is 0 Å². The van der Waals surface area contributed by atoms with Crippen LogP contribution < -0.4 is 0 Å². The van der Waals surface area contributed by atoms with E-state index in [1.807, 2.05) is 21.8 Å². The highest BCUT2D eigenvalue weighted by atomic mass is 16.5. The van der Waals surface area contributed by atoms with E-state index in [0.29, 0.717) is 38.8 Å². The van der Waals surface area contributed by atoms with E-state index in [2.05, 4.69) is 5.10 Å². The fourth-order valence-corrected chi connectivity index (χ4v) is 4.17. The van der Waals surface area contributed by atoms with Crippen LogP contribution in [0.3, 0.4) is 0 Å². The Morgan fingerprint density at radius 3 is 2.62 bits per heavy atom. The monoisotopic (exact) mass is 363 g/mol. The lowest BCUT2D eigenvalue weighted by atomic mass is 9.98. The molecule has 4 rings (SSSR count). The van der Waals surface area contributed by atoms with Crippen LogP contribution >= 0.6 is 0 Å². The fraction of sp³-hybridized carbons (Fsp3) is 0.789. The zero-order valence-electron chi connectivity index (χ0n) is 15.3. The van der Waals surface area contributed by atoms with E-state index in [4.69, 9.17) is 14.2 Å². The van der Waals surface area contributed by atoms with Crippen molar-refractivity contribution in [1.82, 2.24) is 14.7 Å². The maximum atomic E-state index is 12.9. The lowest BCUT2D eigenvalue weighted by Crippen LogP contribution is -2.46. The van der Waals surface area contributed by atoms with Gasteiger partial charge in [-0.2, -0.15) is 5.10 Å². The summed E-state index contributed by atoms with van der Waals surface area (Å²) < 4.78 is 18.9. The van der Waals surface area contributed by atoms with Gasteiger partial charge in [-0.1, -0.05) is 0 Å². The quantitative estimate of drug-likeness (QED) is 0.796. The number of aromatic nitrogens is 2. The fourth-order valence-electron chi connectivity index (χ4n) is 4.17. The second-order valence-corrected chi connectivity index (χ2v) is 7.62. The number of fused-ring (bicyclic) bond motifs is 1. The van der Waals surface area contributed by atoms with Crippen LogP contribution in [0.2, 0.25) is 0 Å². The number of carbonyl (C=O) groups is 1. The molecular weight excluding hydrogens is 334 g/mol. The van der Waals surface area contributed by atoms with E-state index < -0.39 is 0 Å². The molecule has 4 heterocycles. The third-order valence-corrected chi connectivity index (χ3v) is 5.77. The molecular formula is C19H29N3O4. The smallest absolute Gasteiger partial charge is 0.226 e. The minimum Gasteiger partial charge on any atom is -0.381 e. The van der Waals surface area contributed by atoms with Crippen LogP contribution in [-0.4, -0.2) is 66.8 Å². The first-order valence-electron chi connectivity index (χ1n) is 9.85. The van der Waals surface area contributed by atoms with E-state index in [1.165, 1.54) is 0 Å². The Morgan fingerprint density at radius 2 is 1.85 bits per heavy atom. The predicted molar refractivity (Wildman–Crippen MR) is 94.6 cm³/mol. The van der Waals surface area contributed by atoms with Gasteiger partial charge in [0.1, 0.15) is 0 Å². The lowest BCUT2D eigenvalue weighted by Gasteiger charge is -2.36. The SMILES string of the molecule is O=C(C1CCOCC1)N1Cc2ccnn2C(COCC2CCOCC2)C1. The first kappa shape index (κ1) is 17.9. The van der Waals surface area contributed by atoms with Crippen molar-refractivity contribution >= 4 is 5.91 Å². The van der Waals surface area contributed by atoms with Gasteiger partial charge in [-0.15, -0.1) is 0 Å². The van der Waals surface area contributed by atoms with Crippen molar-refractivity contribution < 1.29 is 19.0 Å². The number of rotatable bonds is 5. The molecule has 7 nitrogen and oxygen atoms in total. The summed E-state index contributed by atoms with van der Waals surface area (Å²) in [4.78, 5) is 14.9. The number of carbonyl (C=O) groups excluding carboxylic acids is 1. The molecule has 0 radical (unpaired) electrons. The van der Waals surface area contributed by atoms with Crippen molar-refractivity contribution in [1.29, 1.82) is 0 Å². The maximum absolute atomic E-state index is 12.9. The van der Waals surface area contributed by atoms with Gasteiger partial charge in [0.2, 0.25) is 5.91 Å². The van der Waals surface area contributed by atoms with Crippen LogP contribution in [0.25, 0.3) is 0 Å². The lowest BCUT2D eigenvalue weighted by molar-refractivity contribution is -0.141. The van der Waals surface area contributed by atoms with Crippen molar-refractivity contribution in [2.45, 2.75) is 38.3 Å². The minimum atomic E-state index is 0.0948. The summed E-state index contributed by atoms with van der Waals surface area (Å²) in [5, 5.41) is 4.47. The van der Waals surface area contributed by atoms with Crippen molar-refractivity contribution in [3.63, 3.8) is 0 Å². The summed E-state index contributed by atoms with van der Waals surface area (Å²) in [5.41, 5.74) is 1.09. The highest BCUT2D eigenvalue weighted by molar-refractivity contribution is 5.79. The molecule has 1 atom stereocenters. The third-order valence-electron chi connectivity index (χ3n) is 5.77. The number of hydrogen-bond donors (Lipinski definition) is 0. The molecule has 26 heavy (non-hydrogen) atoms. The molecule has 1 unspecified atom stereocenters. The Morgan fingerprint density at radius 1 is 1.12 bits per heavy atom. The van der Waals surface area contributed by atoms with Gasteiger partial charge in [0, 0.05) is 51.7 Å². The molecule has 0 N–H and O–H groups in total. The molecule has 144 valence electrons. The number of amides is 1. The van der Waals surface area contributed by atoms with Crippen molar-refractivity contribution in [3.05, 3.63) is 18.0 Å². The van der Waals surface area contributed by atoms with Gasteiger partial charge in [-0.25, -0.2) is 0 Å². The summed E-state index contributed by atoms with van der Waals surface area (Å²) in [7, 11) is 0. The first-order valence-corrected chi connectivity index (χ1v) is 9.85. The average Bonchev–Trinajstić information content (AvgIpc) is 3.18. The van der Waals surface area contributed by atoms with Crippen LogP contribution in [0.5, 0.6) is 0 Å². The zero-order valence-corrected chi connectivity index (χ0v) is 15.3. The Hall–Kier alpha value is -1.44. The summed E-state index contributed by atoms with van der Waals surface area (Å²) in [6.45, 7) is 5.77. The van der Waals surface area contributed by atoms with Crippen molar-refractivity contribution in [3.8, 4) is 0 Å². The van der Waals surface area contributed by atoms with Crippen LogP contribution in [-0.2, 0) is 25.5 Å². The summed E-state index contributed by atoms with van der Waals surface area (Å²) in [5.74, 6) is 0.946. The highest BCUT2D eigenvalue weighted by Gasteiger charge is 2.33. The van der Waals surface area contributed by atoms with Gasteiger partial charge in [-0.3, -0.25) is 9.48 Å². The number of ether oxygens (including phenoxy) is 3. The molecule has 2 fully saturated rings. The maximum Gasteiger partial charge on any atom is 0.226 e. The molecule has 3 aliphatic heterocycles. The van der Waals surface area contributed by atoms with E-state index in [0.717, 1.165) is 51.2 Å². The molecule has 0 aromatic carbocycles. The minimum absolute atomic E-state index is 0.0948. The Labute approximate surface area is 154 Å². The summed E-state index contributed by atoms with van der Waals surface area (Å²) >= 11 is 0. The third kappa shape index (κ3) is 4.10. The zero-order chi connectivity index (χ0) is 17.8. The van der Waals surface area contributed by atoms with Gasteiger partial charge in [-0.05, 0) is 37.7 Å². The molecule has 7 heteroatoms. The second kappa shape index (κ2) is 8.50. The van der Waals surface area contributed by atoms with E-state index in [9.17, 15) is 4.79 Å². The Balaban J connectivity index is 1.35. The van der Waals surface area contributed by atoms with Gasteiger partial charge < -0.3 is 19.1 Å². The molecule has 0 spiro atoms. The van der Waals surface area contributed by atoms with Crippen molar-refractivity contribution in [2.24, 2.45) is 11.8 Å². The molecule has 1 aromatic heterocycles. The topological polar surface area (TPSA) is 65.8 Å². The molecule has 0 bridgehead atoms. The summed E-state index contributed by atoms with van der Waals surface area (Å²) in [6.07, 6.45) is 5.64. The highest BCUT2D eigenvalue weighted by Crippen LogP contribution is 2.25. The molecule has 0 saturated carbocycles. The van der Waals surface area contributed by atoms with Gasteiger partial charge in [0.25, 0.3) is 0 Å². The first-order chi connectivity index (χ1) is 12.8. The van der Waals surface area contributed by atoms with Gasteiger partial charge in [0.05, 0.1) is 24.9 Å². The van der Waals surface area contributed by atoms with Crippen molar-refractivity contribution in [2.75, 3.05) is 46.2 Å². The standard InChI is InChI=1S/C19H29N3O4/c23-19(16-4-9-25-10-5-16)21-11-17-1-6-20-22(17)18(12-21)14-26-13-15-2-7-24-8-3-15/h1,6,15-16,18H,2-5,7-14H2. The van der Waals surface area contributed by atoms with E-state index in [1.54, 1.807) is 0 Å². The largest absolute Gasteiger partial charge is 0.381 e. The van der Waals surface area contributed by atoms with E-state index >= 15 is 0 Å². The van der Waals surface area contributed by atoms with Crippen LogP contribution in [0.1, 0.15) is 37.4 Å². The molecule has 0 aliphatic carbocycles. The van der Waals surface area contributed by atoms with Gasteiger partial charge >= 0.3 is 0 Å². The predicted octanol–water partition coefficient (Wildman–Crippen LogP) is 1.64. The Bertz CT molecular complexity index is 593. The van der Waals surface area contributed by atoms with Crippen LogP contribution in [0, 0.1) is 11.8 Å². The average molecular weight is 363 g/mol. The number of hydrogen-bond acceptors (Lipinski definition) is 5. The summed E-state index contributed by atoms with van der Waals surface area (Å²) in [6, 6.07) is 2.10. The van der Waals surface area contributed by atoms with E-state index in [-0.39, 0.29) is 17.9 Å². The molecule has 1 amide bonds. The second-order valence-electron chi connectivity index (χ2n) is 7.62. The van der Waals surface area contributed by atoms with Crippen LogP contribution in [0.15, 0.2) is 12.3 Å². The molecule has 2 saturated heterocycles. The molecule has 1 aromatic rings.